The largest absolute Gasteiger partial charge is 0.411 e. The lowest BCUT2D eigenvalue weighted by Crippen LogP contribution is -2.20. The van der Waals surface area contributed by atoms with E-state index in [2.05, 4.69) is 31.6 Å². The molecule has 112 valence electrons. The third-order valence-corrected chi connectivity index (χ3v) is 3.39. The second kappa shape index (κ2) is 7.72. The van der Waals surface area contributed by atoms with Crippen LogP contribution in [0.5, 0.6) is 0 Å². The van der Waals surface area contributed by atoms with Crippen molar-refractivity contribution >= 4 is 45.4 Å². The van der Waals surface area contributed by atoms with Gasteiger partial charge < -0.3 is 5.21 Å². The fourth-order valence-corrected chi connectivity index (χ4v) is 2.27. The molecule has 0 radical (unpaired) electrons. The summed E-state index contributed by atoms with van der Waals surface area (Å²) >= 11 is 9.18. The number of nitrogens with one attached hydrogen (secondary N) is 1. The van der Waals surface area contributed by atoms with Crippen molar-refractivity contribution in [3.05, 3.63) is 69.2 Å². The molecule has 2 aromatic rings. The highest BCUT2D eigenvalue weighted by Crippen LogP contribution is 2.13. The molecule has 0 aliphatic heterocycles. The van der Waals surface area contributed by atoms with Gasteiger partial charge >= 0.3 is 0 Å². The predicted octanol–water partition coefficient (Wildman–Crippen LogP) is 3.70. The van der Waals surface area contributed by atoms with Gasteiger partial charge in [0.1, 0.15) is 5.71 Å². The Morgan fingerprint density at radius 2 is 1.91 bits per heavy atom. The Kier molecular flexibility index (Phi) is 5.68. The van der Waals surface area contributed by atoms with Crippen LogP contribution in [-0.4, -0.2) is 23.0 Å². The molecule has 0 saturated heterocycles. The predicted molar refractivity (Wildman–Crippen MR) is 89.9 cm³/mol. The first-order chi connectivity index (χ1) is 10.6. The number of nitrogens with zero attached hydrogens (tertiary/aromatic N) is 2. The van der Waals surface area contributed by atoms with Gasteiger partial charge in [0.05, 0.1) is 6.21 Å². The van der Waals surface area contributed by atoms with Crippen LogP contribution < -0.4 is 5.43 Å². The summed E-state index contributed by atoms with van der Waals surface area (Å²) < 4.78 is 0.838. The fraction of sp³-hybridized carbons (Fsp3) is 0. The van der Waals surface area contributed by atoms with Gasteiger partial charge in [0.2, 0.25) is 0 Å². The Morgan fingerprint density at radius 1 is 1.18 bits per heavy atom. The molecule has 0 aliphatic carbocycles. The SMILES string of the molecule is O=C(N/N=C(\C=N\O)c1cccc(Br)c1)c1cccc(Cl)c1. The Balaban J connectivity index is 2.22. The van der Waals surface area contributed by atoms with Crippen LogP contribution >= 0.6 is 27.5 Å². The number of hydrazone groups is 1. The van der Waals surface area contributed by atoms with E-state index >= 15 is 0 Å². The third-order valence-electron chi connectivity index (χ3n) is 2.67. The average Bonchev–Trinajstić information content (AvgIpc) is 2.51. The normalized spacial score (nSPS) is 11.6. The highest BCUT2D eigenvalue weighted by molar-refractivity contribution is 9.10. The molecule has 22 heavy (non-hydrogen) atoms. The third kappa shape index (κ3) is 4.41. The van der Waals surface area contributed by atoms with E-state index in [-0.39, 0.29) is 0 Å². The van der Waals surface area contributed by atoms with E-state index < -0.39 is 5.91 Å². The molecule has 2 N–H and O–H groups in total. The van der Waals surface area contributed by atoms with Crippen LogP contribution in [0.1, 0.15) is 15.9 Å². The standard InChI is InChI=1S/C15H11BrClN3O2/c16-12-5-1-3-10(7-12)14(9-18-22)19-20-15(21)11-4-2-6-13(17)8-11/h1-9,22H,(H,20,21)/b18-9+,19-14+. The van der Waals surface area contributed by atoms with Crippen LogP contribution in [0.2, 0.25) is 5.02 Å². The topological polar surface area (TPSA) is 74.0 Å². The van der Waals surface area contributed by atoms with Gasteiger partial charge in [0.15, 0.2) is 0 Å². The Labute approximate surface area is 140 Å². The van der Waals surface area contributed by atoms with Crippen molar-refractivity contribution in [1.29, 1.82) is 0 Å². The summed E-state index contributed by atoms with van der Waals surface area (Å²) in [4.78, 5) is 12.0. The van der Waals surface area contributed by atoms with Crippen molar-refractivity contribution in [1.82, 2.24) is 5.43 Å². The summed E-state index contributed by atoms with van der Waals surface area (Å²) in [6.07, 6.45) is 1.14. The van der Waals surface area contributed by atoms with Gasteiger partial charge in [-0.15, -0.1) is 0 Å². The Bertz CT molecular complexity index is 747. The van der Waals surface area contributed by atoms with Crippen molar-refractivity contribution < 1.29 is 10.0 Å². The molecule has 1 amide bonds. The molecule has 0 aromatic heterocycles. The molecule has 0 atom stereocenters. The summed E-state index contributed by atoms with van der Waals surface area (Å²) in [7, 11) is 0. The smallest absolute Gasteiger partial charge is 0.271 e. The first-order valence-electron chi connectivity index (χ1n) is 6.17. The minimum absolute atomic E-state index is 0.305. The molecule has 0 aliphatic rings. The number of halogens is 2. The molecular weight excluding hydrogens is 370 g/mol. The zero-order valence-electron chi connectivity index (χ0n) is 11.2. The molecule has 0 heterocycles. The highest BCUT2D eigenvalue weighted by Gasteiger charge is 2.07. The summed E-state index contributed by atoms with van der Waals surface area (Å²) in [5.41, 5.74) is 3.77. The summed E-state index contributed by atoms with van der Waals surface area (Å²) in [6, 6.07) is 13.7. The number of oxime groups is 1. The molecule has 0 saturated carbocycles. The molecule has 7 heteroatoms. The number of hydrogen-bond donors (Lipinski definition) is 2. The number of carbonyl (C=O) groups excluding carboxylic acids is 1. The van der Waals surface area contributed by atoms with Crippen molar-refractivity contribution in [3.63, 3.8) is 0 Å². The molecule has 0 spiro atoms. The second-order valence-electron chi connectivity index (χ2n) is 4.20. The van der Waals surface area contributed by atoms with Crippen LogP contribution in [-0.2, 0) is 0 Å². The number of carbonyl (C=O) groups is 1. The molecule has 0 fully saturated rings. The monoisotopic (exact) mass is 379 g/mol. The van der Waals surface area contributed by atoms with Crippen molar-refractivity contribution in [2.75, 3.05) is 0 Å². The zero-order chi connectivity index (χ0) is 15.9. The number of hydrogen-bond acceptors (Lipinski definition) is 4. The van der Waals surface area contributed by atoms with E-state index in [0.717, 1.165) is 10.7 Å². The van der Waals surface area contributed by atoms with Crippen LogP contribution in [0, 0.1) is 0 Å². The number of benzene rings is 2. The van der Waals surface area contributed by atoms with E-state index in [1.165, 1.54) is 6.07 Å². The summed E-state index contributed by atoms with van der Waals surface area (Å²) in [6.45, 7) is 0. The lowest BCUT2D eigenvalue weighted by atomic mass is 10.1. The minimum Gasteiger partial charge on any atom is -0.411 e. The van der Waals surface area contributed by atoms with Crippen molar-refractivity contribution in [2.24, 2.45) is 10.3 Å². The van der Waals surface area contributed by atoms with Crippen molar-refractivity contribution in [2.45, 2.75) is 0 Å². The van der Waals surface area contributed by atoms with Gasteiger partial charge in [-0.2, -0.15) is 5.10 Å². The minimum atomic E-state index is -0.415. The lowest BCUT2D eigenvalue weighted by molar-refractivity contribution is 0.0955. The second-order valence-corrected chi connectivity index (χ2v) is 5.56. The van der Waals surface area contributed by atoms with Crippen LogP contribution in [0.4, 0.5) is 0 Å². The van der Waals surface area contributed by atoms with Gasteiger partial charge in [0, 0.05) is 20.6 Å². The Morgan fingerprint density at radius 3 is 2.59 bits per heavy atom. The summed E-state index contributed by atoms with van der Waals surface area (Å²) in [5.74, 6) is -0.415. The van der Waals surface area contributed by atoms with Crippen LogP contribution in [0.15, 0.2) is 63.3 Å². The maximum Gasteiger partial charge on any atom is 0.271 e. The summed E-state index contributed by atoms with van der Waals surface area (Å²) in [5, 5.41) is 16.1. The quantitative estimate of drug-likeness (QED) is 0.482. The van der Waals surface area contributed by atoms with Gasteiger partial charge in [0.25, 0.3) is 5.91 Å². The van der Waals surface area contributed by atoms with Gasteiger partial charge in [-0.05, 0) is 30.3 Å². The van der Waals surface area contributed by atoms with Gasteiger partial charge in [-0.3, -0.25) is 4.79 Å². The molecule has 2 rings (SSSR count). The van der Waals surface area contributed by atoms with Gasteiger partial charge in [-0.25, -0.2) is 5.43 Å². The average molecular weight is 381 g/mol. The van der Waals surface area contributed by atoms with Crippen LogP contribution in [0.3, 0.4) is 0 Å². The highest BCUT2D eigenvalue weighted by atomic mass is 79.9. The van der Waals surface area contributed by atoms with Crippen molar-refractivity contribution in [3.8, 4) is 0 Å². The number of rotatable bonds is 4. The first kappa shape index (κ1) is 16.2. The maximum atomic E-state index is 12.0. The lowest BCUT2D eigenvalue weighted by Gasteiger charge is -2.04. The maximum absolute atomic E-state index is 12.0. The van der Waals surface area contributed by atoms with E-state index in [1.807, 2.05) is 6.07 Å². The molecule has 0 bridgehead atoms. The molecular formula is C15H11BrClN3O2. The van der Waals surface area contributed by atoms with Gasteiger partial charge in [-0.1, -0.05) is 50.9 Å². The fourth-order valence-electron chi connectivity index (χ4n) is 1.68. The van der Waals surface area contributed by atoms with Crippen LogP contribution in [0.25, 0.3) is 0 Å². The molecule has 2 aromatic carbocycles. The Hall–Kier alpha value is -2.18. The van der Waals surface area contributed by atoms with E-state index in [0.29, 0.717) is 21.9 Å². The molecule has 5 nitrogen and oxygen atoms in total. The first-order valence-corrected chi connectivity index (χ1v) is 7.34. The van der Waals surface area contributed by atoms with E-state index in [4.69, 9.17) is 16.8 Å². The van der Waals surface area contributed by atoms with E-state index in [1.54, 1.807) is 36.4 Å². The van der Waals surface area contributed by atoms with E-state index in [9.17, 15) is 4.79 Å². The number of amides is 1. The molecule has 0 unspecified atom stereocenters. The zero-order valence-corrected chi connectivity index (χ0v) is 13.5.